The zero-order chi connectivity index (χ0) is 25.6. The number of imidazole rings is 1. The molecule has 6 rings (SSSR count). The number of carbonyl (C=O) groups is 1. The number of nitrogens with zero attached hydrogens (tertiary/aromatic N) is 4. The zero-order valence-corrected chi connectivity index (χ0v) is 21.2. The Hall–Kier alpha value is -4.11. The minimum Gasteiger partial charge on any atom is -0.492 e. The Morgan fingerprint density at radius 2 is 2.00 bits per heavy atom. The molecule has 37 heavy (non-hydrogen) atoms. The summed E-state index contributed by atoms with van der Waals surface area (Å²) in [5, 5.41) is 6.46. The lowest BCUT2D eigenvalue weighted by atomic mass is 9.86. The van der Waals surface area contributed by atoms with E-state index >= 15 is 0 Å². The molecule has 0 atom stereocenters. The standard InChI is InChI=1S/C28H30N6O3/c1-4-37-24-16-19(6-8-23(24)33-11-13-36-14-12-33)30-25-26-29-9-10-34(26)17-22(31-25)18-5-7-20-21(15-18)32-27(35)28(20,2)3/h5-10,15-17H,4,11-14H2,1-3H3,(H,30,31)(H,32,35). The summed E-state index contributed by atoms with van der Waals surface area (Å²) in [6.07, 6.45) is 5.60. The molecule has 0 spiro atoms. The fourth-order valence-corrected chi connectivity index (χ4v) is 4.97. The molecular formula is C28H30N6O3. The first-order chi connectivity index (χ1) is 17.9. The van der Waals surface area contributed by atoms with Gasteiger partial charge in [0.2, 0.25) is 5.91 Å². The number of hydrogen-bond acceptors (Lipinski definition) is 7. The molecule has 9 nitrogen and oxygen atoms in total. The van der Waals surface area contributed by atoms with E-state index in [2.05, 4.69) is 26.6 Å². The summed E-state index contributed by atoms with van der Waals surface area (Å²) < 4.78 is 13.5. The van der Waals surface area contributed by atoms with E-state index in [1.54, 1.807) is 6.20 Å². The topological polar surface area (TPSA) is 93.0 Å². The van der Waals surface area contributed by atoms with Gasteiger partial charge in [0.05, 0.1) is 36.6 Å². The second-order valence-corrected chi connectivity index (χ2v) is 9.81. The maximum Gasteiger partial charge on any atom is 0.234 e. The Morgan fingerprint density at radius 3 is 2.81 bits per heavy atom. The molecule has 2 aromatic heterocycles. The Morgan fingerprint density at radius 1 is 1.16 bits per heavy atom. The number of morpholine rings is 1. The van der Waals surface area contributed by atoms with Crippen LogP contribution in [0.25, 0.3) is 16.9 Å². The number of nitrogens with one attached hydrogen (secondary N) is 2. The van der Waals surface area contributed by atoms with Gasteiger partial charge in [-0.3, -0.25) is 4.79 Å². The van der Waals surface area contributed by atoms with Crippen LogP contribution in [0.5, 0.6) is 5.75 Å². The van der Waals surface area contributed by atoms with Crippen molar-refractivity contribution >= 4 is 34.4 Å². The second-order valence-electron chi connectivity index (χ2n) is 9.81. The van der Waals surface area contributed by atoms with Crippen molar-refractivity contribution in [1.29, 1.82) is 0 Å². The number of aromatic nitrogens is 3. The number of hydrogen-bond donors (Lipinski definition) is 2. The fourth-order valence-electron chi connectivity index (χ4n) is 4.97. The van der Waals surface area contributed by atoms with E-state index in [1.807, 2.05) is 67.9 Å². The molecule has 2 aliphatic rings. The van der Waals surface area contributed by atoms with E-state index < -0.39 is 5.41 Å². The van der Waals surface area contributed by atoms with Crippen molar-refractivity contribution in [3.05, 3.63) is 60.6 Å². The quantitative estimate of drug-likeness (QED) is 0.401. The highest BCUT2D eigenvalue weighted by Gasteiger charge is 2.38. The Bertz CT molecular complexity index is 1490. The van der Waals surface area contributed by atoms with Crippen molar-refractivity contribution in [2.75, 3.05) is 48.4 Å². The van der Waals surface area contributed by atoms with Crippen LogP contribution in [0.4, 0.5) is 22.9 Å². The van der Waals surface area contributed by atoms with Crippen LogP contribution in [-0.4, -0.2) is 53.2 Å². The largest absolute Gasteiger partial charge is 0.492 e. The normalized spacial score (nSPS) is 16.5. The molecule has 2 aliphatic heterocycles. The molecule has 190 valence electrons. The lowest BCUT2D eigenvalue weighted by Gasteiger charge is -2.30. The molecule has 4 aromatic rings. The van der Waals surface area contributed by atoms with Crippen molar-refractivity contribution in [1.82, 2.24) is 14.4 Å². The molecule has 4 heterocycles. The summed E-state index contributed by atoms with van der Waals surface area (Å²) in [6.45, 7) is 9.54. The molecule has 0 unspecified atom stereocenters. The fraction of sp³-hybridized carbons (Fsp3) is 0.321. The van der Waals surface area contributed by atoms with Crippen molar-refractivity contribution < 1.29 is 14.3 Å². The highest BCUT2D eigenvalue weighted by Crippen LogP contribution is 2.40. The minimum atomic E-state index is -0.548. The van der Waals surface area contributed by atoms with Crippen molar-refractivity contribution in [2.45, 2.75) is 26.2 Å². The molecule has 1 amide bonds. The number of amides is 1. The summed E-state index contributed by atoms with van der Waals surface area (Å²) in [7, 11) is 0. The number of benzene rings is 2. The van der Waals surface area contributed by atoms with Gasteiger partial charge in [0, 0.05) is 54.7 Å². The summed E-state index contributed by atoms with van der Waals surface area (Å²) in [4.78, 5) is 24.2. The van der Waals surface area contributed by atoms with Crippen LogP contribution in [0.2, 0.25) is 0 Å². The van der Waals surface area contributed by atoms with E-state index in [4.69, 9.17) is 14.5 Å². The predicted molar refractivity (Wildman–Crippen MR) is 144 cm³/mol. The van der Waals surface area contributed by atoms with E-state index in [1.165, 1.54) is 0 Å². The zero-order valence-electron chi connectivity index (χ0n) is 21.2. The molecular weight excluding hydrogens is 468 g/mol. The van der Waals surface area contributed by atoms with Crippen LogP contribution in [0.15, 0.2) is 55.0 Å². The third-order valence-corrected chi connectivity index (χ3v) is 7.05. The van der Waals surface area contributed by atoms with Gasteiger partial charge >= 0.3 is 0 Å². The molecule has 0 radical (unpaired) electrons. The molecule has 0 bridgehead atoms. The average Bonchev–Trinajstić information content (AvgIpc) is 3.47. The van der Waals surface area contributed by atoms with Gasteiger partial charge in [-0.05, 0) is 44.5 Å². The van der Waals surface area contributed by atoms with E-state index in [0.717, 1.165) is 58.4 Å². The summed E-state index contributed by atoms with van der Waals surface area (Å²) in [5.41, 5.74) is 5.59. The summed E-state index contributed by atoms with van der Waals surface area (Å²) >= 11 is 0. The highest BCUT2D eigenvalue weighted by atomic mass is 16.5. The first-order valence-electron chi connectivity index (χ1n) is 12.6. The van der Waals surface area contributed by atoms with Gasteiger partial charge in [-0.25, -0.2) is 9.97 Å². The molecule has 9 heteroatoms. The third kappa shape index (κ3) is 4.15. The SMILES string of the molecule is CCOc1cc(Nc2nc(-c3ccc4c(c3)NC(=O)C4(C)C)cn3ccnc23)ccc1N1CCOCC1. The molecule has 2 aromatic carbocycles. The van der Waals surface area contributed by atoms with Crippen molar-refractivity contribution in [3.8, 4) is 17.0 Å². The smallest absolute Gasteiger partial charge is 0.234 e. The van der Waals surface area contributed by atoms with Gasteiger partial charge in [0.15, 0.2) is 11.5 Å². The maximum atomic E-state index is 12.4. The molecule has 1 fully saturated rings. The van der Waals surface area contributed by atoms with Crippen LogP contribution in [0.1, 0.15) is 26.3 Å². The third-order valence-electron chi connectivity index (χ3n) is 7.05. The summed E-state index contributed by atoms with van der Waals surface area (Å²) in [6, 6.07) is 12.1. The van der Waals surface area contributed by atoms with Crippen LogP contribution in [-0.2, 0) is 14.9 Å². The number of anilines is 4. The Labute approximate surface area is 215 Å². The first kappa shape index (κ1) is 23.3. The van der Waals surface area contributed by atoms with E-state index in [9.17, 15) is 4.79 Å². The van der Waals surface area contributed by atoms with Crippen LogP contribution in [0, 0.1) is 0 Å². The number of fused-ring (bicyclic) bond motifs is 2. The molecule has 0 saturated carbocycles. The molecule has 0 aliphatic carbocycles. The van der Waals surface area contributed by atoms with Gasteiger partial charge in [-0.2, -0.15) is 0 Å². The van der Waals surface area contributed by atoms with Gasteiger partial charge in [0.25, 0.3) is 0 Å². The average molecular weight is 499 g/mol. The minimum absolute atomic E-state index is 0.00524. The van der Waals surface area contributed by atoms with Crippen molar-refractivity contribution in [3.63, 3.8) is 0 Å². The first-order valence-corrected chi connectivity index (χ1v) is 12.6. The van der Waals surface area contributed by atoms with E-state index in [-0.39, 0.29) is 5.91 Å². The second kappa shape index (κ2) is 9.08. The monoisotopic (exact) mass is 498 g/mol. The Balaban J connectivity index is 1.36. The molecule has 1 saturated heterocycles. The maximum absolute atomic E-state index is 12.4. The number of ether oxygens (including phenoxy) is 2. The van der Waals surface area contributed by atoms with Crippen molar-refractivity contribution in [2.24, 2.45) is 0 Å². The lowest BCUT2D eigenvalue weighted by molar-refractivity contribution is -0.119. The van der Waals surface area contributed by atoms with Gasteiger partial charge in [-0.1, -0.05) is 12.1 Å². The van der Waals surface area contributed by atoms with Crippen LogP contribution < -0.4 is 20.3 Å². The van der Waals surface area contributed by atoms with Crippen LogP contribution >= 0.6 is 0 Å². The van der Waals surface area contributed by atoms with Gasteiger partial charge in [-0.15, -0.1) is 0 Å². The highest BCUT2D eigenvalue weighted by molar-refractivity contribution is 6.06. The van der Waals surface area contributed by atoms with E-state index in [0.29, 0.717) is 25.6 Å². The number of rotatable bonds is 6. The van der Waals surface area contributed by atoms with Crippen LogP contribution in [0.3, 0.4) is 0 Å². The lowest BCUT2D eigenvalue weighted by Crippen LogP contribution is -2.36. The van der Waals surface area contributed by atoms with Gasteiger partial charge < -0.3 is 29.4 Å². The number of carbonyl (C=O) groups excluding carboxylic acids is 1. The molecule has 2 N–H and O–H groups in total. The summed E-state index contributed by atoms with van der Waals surface area (Å²) in [5.74, 6) is 1.46. The Kier molecular flexibility index (Phi) is 5.72. The van der Waals surface area contributed by atoms with Gasteiger partial charge in [0.1, 0.15) is 5.75 Å². The predicted octanol–water partition coefficient (Wildman–Crippen LogP) is 4.60.